The molecule has 1 rings (SSSR count). The SMILES string of the molecule is CCC(C)(C(=O)O)C(F)(F)F.CCC(C)(C)C(=O)OC1CC(C(O)(C(F)(F)F)C(F)(F)F)CC(C(O)(C(F)(F)F)C(F)(F)F)C1.CCC(C)CC(C)(C)C. The van der Waals surface area contributed by atoms with Gasteiger partial charge in [-0.25, -0.2) is 0 Å². The lowest BCUT2D eigenvalue weighted by atomic mass is 9.65. The second-order valence-electron chi connectivity index (χ2n) is 15.7. The summed E-state index contributed by atoms with van der Waals surface area (Å²) < 4.78 is 201. The molecule has 0 heterocycles. The number of carboxylic acids is 1. The Morgan fingerprint density at radius 3 is 1.11 bits per heavy atom. The molecule has 0 aliphatic heterocycles. The van der Waals surface area contributed by atoms with Gasteiger partial charge in [0.25, 0.3) is 11.2 Å². The van der Waals surface area contributed by atoms with Crippen molar-refractivity contribution in [2.24, 2.45) is 34.0 Å². The highest BCUT2D eigenvalue weighted by atomic mass is 19.4. The number of carboxylic acid groups (broad SMARTS) is 1. The quantitative estimate of drug-likeness (QED) is 0.158. The number of hydrogen-bond donors (Lipinski definition) is 3. The van der Waals surface area contributed by atoms with E-state index < -0.39 is 108 Å². The van der Waals surface area contributed by atoms with Gasteiger partial charge < -0.3 is 20.1 Å². The van der Waals surface area contributed by atoms with E-state index in [1.807, 2.05) is 0 Å². The molecule has 21 heteroatoms. The molecule has 0 amide bonds. The molecule has 0 aromatic heterocycles. The van der Waals surface area contributed by atoms with Gasteiger partial charge in [0.2, 0.25) is 0 Å². The predicted octanol–water partition coefficient (Wildman–Crippen LogP) is 11.0. The highest BCUT2D eigenvalue weighted by molar-refractivity contribution is 5.76. The Hall–Kier alpha value is -2.19. The minimum Gasteiger partial charge on any atom is -0.481 e. The highest BCUT2D eigenvalue weighted by Gasteiger charge is 2.78. The largest absolute Gasteiger partial charge is 0.481 e. The van der Waals surface area contributed by atoms with E-state index in [0.29, 0.717) is 12.3 Å². The van der Waals surface area contributed by atoms with Crippen LogP contribution in [-0.4, -0.2) is 75.4 Å². The van der Waals surface area contributed by atoms with E-state index in [0.717, 1.165) is 5.92 Å². The van der Waals surface area contributed by atoms with Crippen LogP contribution in [0.1, 0.15) is 114 Å². The summed E-state index contributed by atoms with van der Waals surface area (Å²) in [5.74, 6) is -8.99. The number of carbonyl (C=O) groups excluding carboxylic acids is 1. The van der Waals surface area contributed by atoms with Crippen molar-refractivity contribution in [2.45, 2.75) is 162 Å². The highest BCUT2D eigenvalue weighted by Crippen LogP contribution is 2.58. The minimum absolute atomic E-state index is 0.0184. The van der Waals surface area contributed by atoms with E-state index >= 15 is 0 Å². The Balaban J connectivity index is 0. The first-order chi connectivity index (χ1) is 23.5. The van der Waals surface area contributed by atoms with Crippen LogP contribution in [0, 0.1) is 34.0 Å². The summed E-state index contributed by atoms with van der Waals surface area (Å²) in [6.45, 7) is 17.2. The van der Waals surface area contributed by atoms with E-state index in [2.05, 4.69) is 34.6 Å². The molecule has 3 N–H and O–H groups in total. The van der Waals surface area contributed by atoms with Crippen LogP contribution < -0.4 is 0 Å². The topological polar surface area (TPSA) is 104 Å². The Labute approximate surface area is 304 Å². The zero-order valence-electron chi connectivity index (χ0n) is 31.5. The van der Waals surface area contributed by atoms with E-state index in [4.69, 9.17) is 9.84 Å². The molecule has 0 saturated heterocycles. The molecule has 1 saturated carbocycles. The lowest BCUT2D eigenvalue weighted by molar-refractivity contribution is -0.405. The first-order valence-electron chi connectivity index (χ1n) is 16.7. The van der Waals surface area contributed by atoms with Gasteiger partial charge in [-0.3, -0.25) is 9.59 Å². The number of aliphatic carboxylic acids is 1. The lowest BCUT2D eigenvalue weighted by Gasteiger charge is -2.48. The fourth-order valence-corrected chi connectivity index (χ4v) is 5.41. The van der Waals surface area contributed by atoms with E-state index in [9.17, 15) is 85.7 Å². The van der Waals surface area contributed by atoms with Crippen molar-refractivity contribution in [3.8, 4) is 0 Å². The van der Waals surface area contributed by atoms with Crippen LogP contribution in [0.15, 0.2) is 0 Å². The molecule has 1 fully saturated rings. The Kier molecular flexibility index (Phi) is 17.9. The molecule has 1 aliphatic rings. The number of hydrogen-bond acceptors (Lipinski definition) is 5. The molecule has 1 aliphatic carbocycles. The molecule has 4 unspecified atom stereocenters. The maximum Gasteiger partial charge on any atom is 0.426 e. The van der Waals surface area contributed by atoms with Crippen molar-refractivity contribution in [1.29, 1.82) is 0 Å². The zero-order chi connectivity index (χ0) is 44.1. The second kappa shape index (κ2) is 17.9. The summed E-state index contributed by atoms with van der Waals surface area (Å²) in [5.41, 5.74) is -15.0. The minimum atomic E-state index is -6.58. The Morgan fingerprint density at radius 1 is 0.611 bits per heavy atom. The van der Waals surface area contributed by atoms with Crippen molar-refractivity contribution in [3.63, 3.8) is 0 Å². The molecule has 0 radical (unpaired) electrons. The summed E-state index contributed by atoms with van der Waals surface area (Å²) in [6, 6.07) is 0. The maximum atomic E-state index is 13.3. The van der Waals surface area contributed by atoms with Crippen LogP contribution in [0.2, 0.25) is 0 Å². The van der Waals surface area contributed by atoms with Crippen molar-refractivity contribution in [1.82, 2.24) is 0 Å². The molecule has 4 atom stereocenters. The summed E-state index contributed by atoms with van der Waals surface area (Å²) in [7, 11) is 0. The number of halogens is 15. The lowest BCUT2D eigenvalue weighted by Crippen LogP contribution is -2.67. The van der Waals surface area contributed by atoms with E-state index in [1.165, 1.54) is 40.5 Å². The summed E-state index contributed by atoms with van der Waals surface area (Å²) in [6.07, 6.45) is -36.5. The summed E-state index contributed by atoms with van der Waals surface area (Å²) in [5, 5.41) is 27.5. The van der Waals surface area contributed by atoms with Gasteiger partial charge in [-0.2, -0.15) is 65.9 Å². The molecule has 6 nitrogen and oxygen atoms in total. The summed E-state index contributed by atoms with van der Waals surface area (Å²) >= 11 is 0. The first-order valence-corrected chi connectivity index (χ1v) is 16.7. The molecule has 54 heavy (non-hydrogen) atoms. The molecule has 0 spiro atoms. The van der Waals surface area contributed by atoms with Crippen molar-refractivity contribution < 1.29 is 95.5 Å². The van der Waals surface area contributed by atoms with Gasteiger partial charge in [-0.1, -0.05) is 54.9 Å². The van der Waals surface area contributed by atoms with Crippen LogP contribution in [0.5, 0.6) is 0 Å². The van der Waals surface area contributed by atoms with E-state index in [-0.39, 0.29) is 6.42 Å². The number of alkyl halides is 15. The van der Waals surface area contributed by atoms with Gasteiger partial charge in [-0.05, 0) is 70.6 Å². The second-order valence-corrected chi connectivity index (χ2v) is 15.7. The monoisotopic (exact) mass is 828 g/mol. The Morgan fingerprint density at radius 2 is 0.944 bits per heavy atom. The number of ether oxygens (including phenoxy) is 1. The van der Waals surface area contributed by atoms with E-state index in [1.54, 1.807) is 0 Å². The molecular formula is C33H51F15O6. The van der Waals surface area contributed by atoms with Crippen molar-refractivity contribution in [3.05, 3.63) is 0 Å². The number of aliphatic hydroxyl groups is 2. The van der Waals surface area contributed by atoms with Crippen LogP contribution in [0.3, 0.4) is 0 Å². The predicted molar refractivity (Wildman–Crippen MR) is 165 cm³/mol. The van der Waals surface area contributed by atoms with Crippen molar-refractivity contribution >= 4 is 11.9 Å². The van der Waals surface area contributed by atoms with Gasteiger partial charge in [0.15, 0.2) is 5.41 Å². The fourth-order valence-electron chi connectivity index (χ4n) is 5.41. The van der Waals surface area contributed by atoms with Crippen LogP contribution in [0.4, 0.5) is 65.9 Å². The molecule has 0 aromatic rings. The van der Waals surface area contributed by atoms with Gasteiger partial charge in [0.05, 0.1) is 5.41 Å². The van der Waals surface area contributed by atoms with Crippen LogP contribution >= 0.6 is 0 Å². The molecule has 0 aromatic carbocycles. The smallest absolute Gasteiger partial charge is 0.426 e. The maximum absolute atomic E-state index is 13.3. The van der Waals surface area contributed by atoms with Crippen LogP contribution in [0.25, 0.3) is 0 Å². The van der Waals surface area contributed by atoms with Gasteiger partial charge >= 0.3 is 42.8 Å². The third kappa shape index (κ3) is 12.9. The van der Waals surface area contributed by atoms with Gasteiger partial charge in [0.1, 0.15) is 6.10 Å². The van der Waals surface area contributed by atoms with Gasteiger partial charge in [-0.15, -0.1) is 0 Å². The third-order valence-corrected chi connectivity index (χ3v) is 9.75. The molecular weight excluding hydrogens is 777 g/mol. The van der Waals surface area contributed by atoms with Crippen molar-refractivity contribution in [2.75, 3.05) is 0 Å². The average Bonchev–Trinajstić information content (AvgIpc) is 2.96. The Bertz CT molecular complexity index is 1120. The normalized spacial score (nSPS) is 21.4. The third-order valence-electron chi connectivity index (χ3n) is 9.75. The van der Waals surface area contributed by atoms with Gasteiger partial charge in [0, 0.05) is 11.8 Å². The number of rotatable bonds is 9. The standard InChI is InChI=1S/C18H22F12O4.C9H20.C6H9F3O2/c1-4-12(2,3)11(31)34-10-6-8(13(32,15(19,20)21)16(22,23)24)5-9(7-10)14(33,17(25,26)27)18(28,29)30;1-6-8(2)7-9(3,4)5;1-3-5(2,4(10)11)6(7,8)9/h8-10,32-33H,4-7H2,1-3H3;8H,6-7H2,1-5H3;3H2,1-2H3,(H,10,11). The first kappa shape index (κ1) is 53.9. The number of carbonyl (C=O) groups is 2. The number of esters is 1. The zero-order valence-corrected chi connectivity index (χ0v) is 31.5. The summed E-state index contributed by atoms with van der Waals surface area (Å²) in [4.78, 5) is 22.4. The van der Waals surface area contributed by atoms with Crippen LogP contribution in [-0.2, 0) is 14.3 Å². The average molecular weight is 829 g/mol. The molecule has 324 valence electrons. The fraction of sp³-hybridized carbons (Fsp3) is 0.939. The molecule has 0 bridgehead atoms.